The maximum atomic E-state index is 13.4. The number of halogens is 2. The Kier molecular flexibility index (Phi) is 2.64. The topological polar surface area (TPSA) is 34.9 Å². The van der Waals surface area contributed by atoms with Crippen molar-refractivity contribution >= 4 is 22.2 Å². The van der Waals surface area contributed by atoms with Crippen LogP contribution in [0.2, 0.25) is 0 Å². The predicted octanol–water partition coefficient (Wildman–Crippen LogP) is 2.59. The summed E-state index contributed by atoms with van der Waals surface area (Å²) >= 11 is 3.18. The highest BCUT2D eigenvalue weighted by Gasteiger charge is 2.11. The molecule has 0 unspecified atom stereocenters. The van der Waals surface area contributed by atoms with Gasteiger partial charge in [0, 0.05) is 0 Å². The molecule has 0 bridgehead atoms. The molecular formula is C10H6BrFN2O. The largest absolute Gasteiger partial charge is 0.298 e. The molecule has 2 rings (SSSR count). The lowest BCUT2D eigenvalue weighted by Gasteiger charge is -2.03. The minimum absolute atomic E-state index is 0.303. The van der Waals surface area contributed by atoms with Crippen LogP contribution in [0.15, 0.2) is 35.1 Å². The summed E-state index contributed by atoms with van der Waals surface area (Å²) in [7, 11) is 0. The van der Waals surface area contributed by atoms with Crippen LogP contribution < -0.4 is 0 Å². The lowest BCUT2D eigenvalue weighted by atomic mass is 10.3. The van der Waals surface area contributed by atoms with Gasteiger partial charge in [-0.15, -0.1) is 0 Å². The SMILES string of the molecule is O=Cc1cnn(-c2ccccc2F)c1Br. The van der Waals surface area contributed by atoms with Crippen LogP contribution >= 0.6 is 15.9 Å². The zero-order valence-corrected chi connectivity index (χ0v) is 9.11. The monoisotopic (exact) mass is 268 g/mol. The maximum Gasteiger partial charge on any atom is 0.154 e. The molecule has 1 heterocycles. The number of carbonyl (C=O) groups excluding carboxylic acids is 1. The Balaban J connectivity index is 2.59. The Morgan fingerprint density at radius 1 is 1.40 bits per heavy atom. The van der Waals surface area contributed by atoms with Crippen molar-refractivity contribution in [3.05, 3.63) is 46.4 Å². The lowest BCUT2D eigenvalue weighted by molar-refractivity contribution is 0.112. The first-order valence-corrected chi connectivity index (χ1v) is 4.97. The highest BCUT2D eigenvalue weighted by Crippen LogP contribution is 2.21. The number of rotatable bonds is 2. The second-order valence-corrected chi connectivity index (χ2v) is 3.62. The molecule has 0 aliphatic rings. The van der Waals surface area contributed by atoms with Crippen molar-refractivity contribution < 1.29 is 9.18 Å². The summed E-state index contributed by atoms with van der Waals surface area (Å²) in [5, 5.41) is 3.92. The molecule has 0 atom stereocenters. The van der Waals surface area contributed by atoms with Crippen LogP contribution in [-0.2, 0) is 0 Å². The third kappa shape index (κ3) is 1.70. The van der Waals surface area contributed by atoms with Crippen LogP contribution in [-0.4, -0.2) is 16.1 Å². The van der Waals surface area contributed by atoms with Gasteiger partial charge in [0.25, 0.3) is 0 Å². The van der Waals surface area contributed by atoms with E-state index < -0.39 is 5.82 Å². The van der Waals surface area contributed by atoms with E-state index in [9.17, 15) is 9.18 Å². The van der Waals surface area contributed by atoms with Gasteiger partial charge in [-0.1, -0.05) is 12.1 Å². The van der Waals surface area contributed by atoms with Crippen molar-refractivity contribution in [1.29, 1.82) is 0 Å². The molecule has 0 spiro atoms. The molecular weight excluding hydrogens is 263 g/mol. The number of carbonyl (C=O) groups is 1. The summed E-state index contributed by atoms with van der Waals surface area (Å²) in [6.45, 7) is 0. The summed E-state index contributed by atoms with van der Waals surface area (Å²) < 4.78 is 15.2. The molecule has 1 aromatic carbocycles. The van der Waals surface area contributed by atoms with Gasteiger partial charge in [0.15, 0.2) is 6.29 Å². The number of aldehydes is 1. The quantitative estimate of drug-likeness (QED) is 0.785. The van der Waals surface area contributed by atoms with Crippen molar-refractivity contribution in [2.45, 2.75) is 0 Å². The van der Waals surface area contributed by atoms with E-state index in [0.717, 1.165) is 0 Å². The fourth-order valence-electron chi connectivity index (χ4n) is 1.22. The summed E-state index contributed by atoms with van der Waals surface area (Å²) in [4.78, 5) is 10.6. The Morgan fingerprint density at radius 3 is 2.73 bits per heavy atom. The van der Waals surface area contributed by atoms with Crippen LogP contribution in [0.3, 0.4) is 0 Å². The molecule has 1 aromatic heterocycles. The van der Waals surface area contributed by atoms with Gasteiger partial charge in [0.2, 0.25) is 0 Å². The predicted molar refractivity (Wildman–Crippen MR) is 56.6 cm³/mol. The van der Waals surface area contributed by atoms with Gasteiger partial charge in [0.1, 0.15) is 16.1 Å². The number of benzene rings is 1. The zero-order chi connectivity index (χ0) is 10.8. The van der Waals surface area contributed by atoms with E-state index in [-0.39, 0.29) is 0 Å². The number of aromatic nitrogens is 2. The molecule has 3 nitrogen and oxygen atoms in total. The number of para-hydroxylation sites is 1. The van der Waals surface area contributed by atoms with Crippen LogP contribution in [0.1, 0.15) is 10.4 Å². The smallest absolute Gasteiger partial charge is 0.154 e. The van der Waals surface area contributed by atoms with Gasteiger partial charge in [-0.2, -0.15) is 5.10 Å². The van der Waals surface area contributed by atoms with Crippen LogP contribution in [0, 0.1) is 5.82 Å². The number of hydrogen-bond donors (Lipinski definition) is 0. The van der Waals surface area contributed by atoms with Gasteiger partial charge in [-0.25, -0.2) is 9.07 Å². The fourth-order valence-corrected chi connectivity index (χ4v) is 1.70. The summed E-state index contributed by atoms with van der Waals surface area (Å²) in [6.07, 6.45) is 2.04. The summed E-state index contributed by atoms with van der Waals surface area (Å²) in [5.74, 6) is -0.390. The van der Waals surface area contributed by atoms with Crippen molar-refractivity contribution in [3.8, 4) is 5.69 Å². The molecule has 5 heteroatoms. The molecule has 0 aliphatic carbocycles. The van der Waals surface area contributed by atoms with Gasteiger partial charge in [-0.3, -0.25) is 4.79 Å². The lowest BCUT2D eigenvalue weighted by Crippen LogP contribution is -1.99. The van der Waals surface area contributed by atoms with E-state index >= 15 is 0 Å². The highest BCUT2D eigenvalue weighted by molar-refractivity contribution is 9.10. The first-order valence-electron chi connectivity index (χ1n) is 4.17. The summed E-state index contributed by atoms with van der Waals surface area (Å²) in [6, 6.07) is 6.22. The molecule has 0 saturated carbocycles. The third-order valence-electron chi connectivity index (χ3n) is 1.94. The van der Waals surface area contributed by atoms with E-state index in [1.54, 1.807) is 18.2 Å². The minimum Gasteiger partial charge on any atom is -0.298 e. The average molecular weight is 269 g/mol. The summed E-state index contributed by atoms with van der Waals surface area (Å²) in [5.41, 5.74) is 0.690. The number of nitrogens with zero attached hydrogens (tertiary/aromatic N) is 2. The Bertz CT molecular complexity index is 510. The van der Waals surface area contributed by atoms with Crippen molar-refractivity contribution in [3.63, 3.8) is 0 Å². The molecule has 0 N–H and O–H groups in total. The minimum atomic E-state index is -0.390. The second kappa shape index (κ2) is 3.94. The third-order valence-corrected chi connectivity index (χ3v) is 2.74. The van der Waals surface area contributed by atoms with Crippen molar-refractivity contribution in [1.82, 2.24) is 9.78 Å². The van der Waals surface area contributed by atoms with E-state index in [2.05, 4.69) is 21.0 Å². The second-order valence-electron chi connectivity index (χ2n) is 2.87. The van der Waals surface area contributed by atoms with E-state index in [4.69, 9.17) is 0 Å². The molecule has 0 radical (unpaired) electrons. The normalized spacial score (nSPS) is 10.3. The van der Waals surface area contributed by atoms with Gasteiger partial charge < -0.3 is 0 Å². The van der Waals surface area contributed by atoms with Crippen molar-refractivity contribution in [2.75, 3.05) is 0 Å². The van der Waals surface area contributed by atoms with E-state index in [0.29, 0.717) is 22.1 Å². The Morgan fingerprint density at radius 2 is 2.13 bits per heavy atom. The van der Waals surface area contributed by atoms with Crippen molar-refractivity contribution in [2.24, 2.45) is 0 Å². The average Bonchev–Trinajstić information content (AvgIpc) is 2.60. The molecule has 2 aromatic rings. The molecule has 0 aliphatic heterocycles. The Labute approximate surface area is 93.7 Å². The van der Waals surface area contributed by atoms with Gasteiger partial charge >= 0.3 is 0 Å². The van der Waals surface area contributed by atoms with Crippen LogP contribution in [0.4, 0.5) is 4.39 Å². The molecule has 0 saturated heterocycles. The molecule has 0 fully saturated rings. The molecule has 15 heavy (non-hydrogen) atoms. The first kappa shape index (κ1) is 10.0. The van der Waals surface area contributed by atoms with E-state index in [1.165, 1.54) is 16.9 Å². The molecule has 76 valence electrons. The number of hydrogen-bond acceptors (Lipinski definition) is 2. The Hall–Kier alpha value is -1.49. The first-order chi connectivity index (χ1) is 7.24. The molecule has 0 amide bonds. The van der Waals surface area contributed by atoms with Crippen LogP contribution in [0.25, 0.3) is 5.69 Å². The maximum absolute atomic E-state index is 13.4. The van der Waals surface area contributed by atoms with Gasteiger partial charge in [0.05, 0.1) is 11.8 Å². The fraction of sp³-hybridized carbons (Fsp3) is 0. The highest BCUT2D eigenvalue weighted by atomic mass is 79.9. The zero-order valence-electron chi connectivity index (χ0n) is 7.52. The standard InChI is InChI=1S/C10H6BrFN2O/c11-10-7(6-15)5-13-14(10)9-4-2-1-3-8(9)12/h1-6H. The van der Waals surface area contributed by atoms with Gasteiger partial charge in [-0.05, 0) is 28.1 Å². The van der Waals surface area contributed by atoms with Crippen LogP contribution in [0.5, 0.6) is 0 Å². The van der Waals surface area contributed by atoms with E-state index in [1.807, 2.05) is 0 Å².